The zero-order chi connectivity index (χ0) is 13.9. The molecule has 1 fully saturated rings. The van der Waals surface area contributed by atoms with Crippen LogP contribution < -0.4 is 5.56 Å². The molecule has 104 valence electrons. The molecule has 0 aliphatic heterocycles. The standard InChI is InChI=1S/C15H16N2O2S/c18-10-5-7-11(8-6-10)20-9-14-16-13-4-2-1-3-12(13)15(19)17-14/h1-4,11H,5-9H2,(H,16,17,19). The van der Waals surface area contributed by atoms with Crippen molar-refractivity contribution in [3.63, 3.8) is 0 Å². The molecule has 20 heavy (non-hydrogen) atoms. The zero-order valence-corrected chi connectivity index (χ0v) is 11.9. The summed E-state index contributed by atoms with van der Waals surface area (Å²) in [7, 11) is 0. The summed E-state index contributed by atoms with van der Waals surface area (Å²) in [5, 5.41) is 1.13. The Morgan fingerprint density at radius 3 is 2.75 bits per heavy atom. The maximum atomic E-state index is 11.9. The molecule has 1 saturated carbocycles. The summed E-state index contributed by atoms with van der Waals surface area (Å²) in [5.41, 5.74) is 0.663. The van der Waals surface area contributed by atoms with Crippen molar-refractivity contribution in [3.05, 3.63) is 40.4 Å². The fourth-order valence-corrected chi connectivity index (χ4v) is 3.58. The lowest BCUT2D eigenvalue weighted by molar-refractivity contribution is -0.120. The van der Waals surface area contributed by atoms with Gasteiger partial charge in [0, 0.05) is 18.1 Å². The van der Waals surface area contributed by atoms with E-state index in [4.69, 9.17) is 0 Å². The second-order valence-electron chi connectivity index (χ2n) is 5.08. The van der Waals surface area contributed by atoms with E-state index in [1.165, 1.54) is 0 Å². The van der Waals surface area contributed by atoms with Gasteiger partial charge < -0.3 is 4.98 Å². The van der Waals surface area contributed by atoms with E-state index in [2.05, 4.69) is 9.97 Å². The number of nitrogens with one attached hydrogen (secondary N) is 1. The molecule has 2 aromatic rings. The first-order chi connectivity index (χ1) is 9.72. The number of rotatable bonds is 3. The molecular formula is C15H16N2O2S. The molecule has 1 aromatic carbocycles. The number of hydrogen-bond donors (Lipinski definition) is 1. The quantitative estimate of drug-likeness (QED) is 0.943. The molecule has 1 N–H and O–H groups in total. The van der Waals surface area contributed by atoms with Gasteiger partial charge in [0.1, 0.15) is 11.6 Å². The number of fused-ring (bicyclic) bond motifs is 1. The average molecular weight is 288 g/mol. The van der Waals surface area contributed by atoms with Gasteiger partial charge in [0.15, 0.2) is 0 Å². The number of para-hydroxylation sites is 1. The lowest BCUT2D eigenvalue weighted by Gasteiger charge is -2.19. The van der Waals surface area contributed by atoms with E-state index in [0.717, 1.165) is 24.2 Å². The number of ketones is 1. The minimum atomic E-state index is -0.0787. The molecule has 1 aromatic heterocycles. The number of carbonyl (C=O) groups excluding carboxylic acids is 1. The topological polar surface area (TPSA) is 62.8 Å². The van der Waals surface area contributed by atoms with Crippen LogP contribution in [0.4, 0.5) is 0 Å². The first-order valence-corrected chi connectivity index (χ1v) is 7.88. The summed E-state index contributed by atoms with van der Waals surface area (Å²) < 4.78 is 0. The summed E-state index contributed by atoms with van der Waals surface area (Å²) in [6.07, 6.45) is 3.28. The molecule has 0 atom stereocenters. The minimum absolute atomic E-state index is 0.0787. The van der Waals surface area contributed by atoms with Gasteiger partial charge in [-0.1, -0.05) is 12.1 Å². The Bertz CT molecular complexity index is 686. The lowest BCUT2D eigenvalue weighted by Crippen LogP contribution is -2.16. The summed E-state index contributed by atoms with van der Waals surface area (Å²) in [6, 6.07) is 7.37. The molecule has 4 nitrogen and oxygen atoms in total. The zero-order valence-electron chi connectivity index (χ0n) is 11.1. The van der Waals surface area contributed by atoms with Gasteiger partial charge in [0.2, 0.25) is 0 Å². The second-order valence-corrected chi connectivity index (χ2v) is 6.37. The monoisotopic (exact) mass is 288 g/mol. The Morgan fingerprint density at radius 1 is 1.20 bits per heavy atom. The first-order valence-electron chi connectivity index (χ1n) is 6.83. The molecule has 0 unspecified atom stereocenters. The third-order valence-corrected chi connectivity index (χ3v) is 4.99. The van der Waals surface area contributed by atoms with Gasteiger partial charge in [0.25, 0.3) is 5.56 Å². The van der Waals surface area contributed by atoms with Crippen molar-refractivity contribution >= 4 is 28.4 Å². The molecule has 0 saturated heterocycles. The highest BCUT2D eigenvalue weighted by Gasteiger charge is 2.19. The van der Waals surface area contributed by atoms with Crippen molar-refractivity contribution < 1.29 is 4.79 Å². The Kier molecular flexibility index (Phi) is 3.87. The highest BCUT2D eigenvalue weighted by Crippen LogP contribution is 2.28. The summed E-state index contributed by atoms with van der Waals surface area (Å²) in [5.74, 6) is 1.79. The number of thioether (sulfide) groups is 1. The predicted molar refractivity (Wildman–Crippen MR) is 80.9 cm³/mol. The van der Waals surface area contributed by atoms with E-state index in [1.807, 2.05) is 18.2 Å². The van der Waals surface area contributed by atoms with Crippen LogP contribution in [0.3, 0.4) is 0 Å². The minimum Gasteiger partial charge on any atom is -0.309 e. The van der Waals surface area contributed by atoms with Crippen LogP contribution in [0.1, 0.15) is 31.5 Å². The third-order valence-electron chi connectivity index (χ3n) is 3.61. The molecule has 0 amide bonds. The molecular weight excluding hydrogens is 272 g/mol. The summed E-state index contributed by atoms with van der Waals surface area (Å²) >= 11 is 1.78. The molecule has 0 radical (unpaired) electrons. The van der Waals surface area contributed by atoms with Gasteiger partial charge >= 0.3 is 0 Å². The van der Waals surface area contributed by atoms with Crippen LogP contribution >= 0.6 is 11.8 Å². The molecule has 0 spiro atoms. The van der Waals surface area contributed by atoms with E-state index in [9.17, 15) is 9.59 Å². The molecule has 0 bridgehead atoms. The van der Waals surface area contributed by atoms with Crippen LogP contribution in [-0.4, -0.2) is 21.0 Å². The van der Waals surface area contributed by atoms with Gasteiger partial charge in [-0.15, -0.1) is 0 Å². The van der Waals surface area contributed by atoms with Crippen LogP contribution in [-0.2, 0) is 10.5 Å². The largest absolute Gasteiger partial charge is 0.309 e. The summed E-state index contributed by atoms with van der Waals surface area (Å²) in [6.45, 7) is 0. The smallest absolute Gasteiger partial charge is 0.258 e. The van der Waals surface area contributed by atoms with Crippen molar-refractivity contribution in [2.45, 2.75) is 36.7 Å². The second kappa shape index (κ2) is 5.79. The van der Waals surface area contributed by atoms with Crippen LogP contribution in [0.2, 0.25) is 0 Å². The molecule has 1 heterocycles. The van der Waals surface area contributed by atoms with E-state index >= 15 is 0 Å². The Balaban J connectivity index is 1.71. The van der Waals surface area contributed by atoms with Gasteiger partial charge in [-0.2, -0.15) is 11.8 Å². The van der Waals surface area contributed by atoms with Gasteiger partial charge in [0.05, 0.1) is 16.7 Å². The number of H-pyrrole nitrogens is 1. The maximum Gasteiger partial charge on any atom is 0.258 e. The number of aromatic amines is 1. The fourth-order valence-electron chi connectivity index (χ4n) is 2.48. The van der Waals surface area contributed by atoms with E-state index < -0.39 is 0 Å². The van der Waals surface area contributed by atoms with Crippen LogP contribution in [0.15, 0.2) is 29.1 Å². The van der Waals surface area contributed by atoms with Crippen LogP contribution in [0.25, 0.3) is 10.9 Å². The molecule has 3 rings (SSSR count). The fraction of sp³-hybridized carbons (Fsp3) is 0.400. The van der Waals surface area contributed by atoms with Crippen molar-refractivity contribution in [3.8, 4) is 0 Å². The number of Topliss-reactive ketones (excluding diaryl/α,β-unsaturated/α-hetero) is 1. The van der Waals surface area contributed by atoms with Crippen molar-refractivity contribution in [2.75, 3.05) is 0 Å². The number of nitrogens with zero attached hydrogens (tertiary/aromatic N) is 1. The predicted octanol–water partition coefficient (Wildman–Crippen LogP) is 2.67. The third kappa shape index (κ3) is 2.93. The van der Waals surface area contributed by atoms with E-state index in [1.54, 1.807) is 17.8 Å². The average Bonchev–Trinajstić information content (AvgIpc) is 2.47. The Labute approximate surface area is 121 Å². The number of benzene rings is 1. The Morgan fingerprint density at radius 2 is 1.95 bits per heavy atom. The molecule has 1 aliphatic rings. The van der Waals surface area contributed by atoms with Gasteiger partial charge in [-0.05, 0) is 25.0 Å². The number of carbonyl (C=O) groups is 1. The summed E-state index contributed by atoms with van der Waals surface area (Å²) in [4.78, 5) is 30.5. The van der Waals surface area contributed by atoms with Gasteiger partial charge in [-0.3, -0.25) is 9.59 Å². The highest BCUT2D eigenvalue weighted by molar-refractivity contribution is 7.99. The number of aromatic nitrogens is 2. The molecule has 5 heteroatoms. The van der Waals surface area contributed by atoms with E-state index in [0.29, 0.717) is 35.0 Å². The SMILES string of the molecule is O=C1CCC(SCc2nc3ccccc3c(=O)[nH]2)CC1. The lowest BCUT2D eigenvalue weighted by atomic mass is 9.99. The molecule has 1 aliphatic carbocycles. The Hall–Kier alpha value is -1.62. The normalized spacial score (nSPS) is 16.7. The van der Waals surface area contributed by atoms with Crippen LogP contribution in [0.5, 0.6) is 0 Å². The van der Waals surface area contributed by atoms with E-state index in [-0.39, 0.29) is 5.56 Å². The van der Waals surface area contributed by atoms with Crippen molar-refractivity contribution in [1.82, 2.24) is 9.97 Å². The van der Waals surface area contributed by atoms with Crippen LogP contribution in [0, 0.1) is 0 Å². The maximum absolute atomic E-state index is 11.9. The van der Waals surface area contributed by atoms with Crippen molar-refractivity contribution in [1.29, 1.82) is 0 Å². The van der Waals surface area contributed by atoms with Gasteiger partial charge in [-0.25, -0.2) is 4.98 Å². The first kappa shape index (κ1) is 13.4. The van der Waals surface area contributed by atoms with Crippen molar-refractivity contribution in [2.24, 2.45) is 0 Å². The number of hydrogen-bond acceptors (Lipinski definition) is 4. The highest BCUT2D eigenvalue weighted by atomic mass is 32.2.